The van der Waals surface area contributed by atoms with Crippen LogP contribution in [-0.4, -0.2) is 49.8 Å². The summed E-state index contributed by atoms with van der Waals surface area (Å²) in [6.45, 7) is 5.99. The lowest BCUT2D eigenvalue weighted by Gasteiger charge is -2.40. The maximum absolute atomic E-state index is 6.12. The number of nitrogens with one attached hydrogen (secondary N) is 1. The fraction of sp³-hybridized carbons (Fsp3) is 1.00. The van der Waals surface area contributed by atoms with Crippen LogP contribution < -0.4 is 5.32 Å². The third-order valence-electron chi connectivity index (χ3n) is 3.96. The summed E-state index contributed by atoms with van der Waals surface area (Å²) in [5.74, 6) is 0. The summed E-state index contributed by atoms with van der Waals surface area (Å²) in [5.41, 5.74) is 0. The molecule has 0 aromatic heterocycles. The monoisotopic (exact) mass is 226 g/mol. The second-order valence-corrected chi connectivity index (χ2v) is 5.26. The predicted molar refractivity (Wildman–Crippen MR) is 66.7 cm³/mol. The Hall–Kier alpha value is -0.120. The molecule has 0 amide bonds. The molecule has 0 radical (unpaired) electrons. The zero-order valence-corrected chi connectivity index (χ0v) is 10.7. The van der Waals surface area contributed by atoms with Gasteiger partial charge in [0.2, 0.25) is 0 Å². The summed E-state index contributed by atoms with van der Waals surface area (Å²) in [4.78, 5) is 2.57. The average Bonchev–Trinajstić information content (AvgIpc) is 2.25. The van der Waals surface area contributed by atoms with Gasteiger partial charge < -0.3 is 15.0 Å². The van der Waals surface area contributed by atoms with Gasteiger partial charge in [-0.05, 0) is 45.7 Å². The van der Waals surface area contributed by atoms with E-state index in [4.69, 9.17) is 4.74 Å². The minimum absolute atomic E-state index is 0.538. The number of ether oxygens (including phenoxy) is 1. The zero-order valence-electron chi connectivity index (χ0n) is 10.7. The molecule has 0 aromatic carbocycles. The first-order valence-electron chi connectivity index (χ1n) is 6.87. The minimum atomic E-state index is 0.538. The second kappa shape index (κ2) is 5.99. The predicted octanol–water partition coefficient (Wildman–Crippen LogP) is 1.63. The molecule has 1 saturated carbocycles. The van der Waals surface area contributed by atoms with E-state index < -0.39 is 0 Å². The van der Waals surface area contributed by atoms with Gasteiger partial charge in [0.05, 0.1) is 12.2 Å². The molecule has 0 spiro atoms. The Balaban J connectivity index is 1.59. The maximum atomic E-state index is 6.12. The molecule has 3 nitrogen and oxygen atoms in total. The van der Waals surface area contributed by atoms with E-state index in [9.17, 15) is 0 Å². The minimum Gasteiger partial charge on any atom is -0.375 e. The van der Waals surface area contributed by atoms with Gasteiger partial charge in [0.15, 0.2) is 0 Å². The van der Waals surface area contributed by atoms with Crippen LogP contribution >= 0.6 is 0 Å². The Kier molecular flexibility index (Phi) is 4.62. The van der Waals surface area contributed by atoms with Crippen molar-refractivity contribution in [2.45, 2.75) is 57.3 Å². The lowest BCUT2D eigenvalue weighted by Crippen LogP contribution is -2.47. The van der Waals surface area contributed by atoms with Crippen molar-refractivity contribution in [1.29, 1.82) is 0 Å². The molecule has 94 valence electrons. The normalized spacial score (nSPS) is 32.6. The number of hydrogen-bond donors (Lipinski definition) is 1. The Bertz CT molecular complexity index is 196. The van der Waals surface area contributed by atoms with E-state index >= 15 is 0 Å². The van der Waals surface area contributed by atoms with E-state index in [1.807, 2.05) is 7.05 Å². The van der Waals surface area contributed by atoms with Crippen molar-refractivity contribution in [3.05, 3.63) is 0 Å². The molecule has 0 unspecified atom stereocenters. The Morgan fingerprint density at radius 2 is 1.88 bits per heavy atom. The van der Waals surface area contributed by atoms with Crippen LogP contribution in [0.3, 0.4) is 0 Å². The molecule has 3 heteroatoms. The van der Waals surface area contributed by atoms with E-state index in [0.29, 0.717) is 18.2 Å². The SMILES string of the molecule is CCCN1CCC(O[C@H]2C[C@H](NC)C2)CC1. The number of hydrogen-bond acceptors (Lipinski definition) is 3. The summed E-state index contributed by atoms with van der Waals surface area (Å²) >= 11 is 0. The number of likely N-dealkylation sites (tertiary alicyclic amines) is 1. The fourth-order valence-corrected chi connectivity index (χ4v) is 2.77. The van der Waals surface area contributed by atoms with Crippen LogP contribution in [-0.2, 0) is 4.74 Å². The zero-order chi connectivity index (χ0) is 11.4. The van der Waals surface area contributed by atoms with Crippen molar-refractivity contribution in [3.63, 3.8) is 0 Å². The number of nitrogens with zero attached hydrogens (tertiary/aromatic N) is 1. The highest BCUT2D eigenvalue weighted by molar-refractivity contribution is 4.86. The molecular weight excluding hydrogens is 200 g/mol. The Morgan fingerprint density at radius 1 is 1.19 bits per heavy atom. The Morgan fingerprint density at radius 3 is 2.44 bits per heavy atom. The quantitative estimate of drug-likeness (QED) is 0.771. The molecule has 1 N–H and O–H groups in total. The van der Waals surface area contributed by atoms with Crippen LogP contribution in [0.5, 0.6) is 0 Å². The first-order chi connectivity index (χ1) is 7.81. The average molecular weight is 226 g/mol. The summed E-state index contributed by atoms with van der Waals surface area (Å²) in [5, 5.41) is 3.30. The first kappa shape index (κ1) is 12.3. The molecule has 2 fully saturated rings. The van der Waals surface area contributed by atoms with E-state index in [1.165, 1.54) is 51.7 Å². The van der Waals surface area contributed by atoms with Crippen LogP contribution in [0.1, 0.15) is 39.0 Å². The van der Waals surface area contributed by atoms with Gasteiger partial charge in [-0.25, -0.2) is 0 Å². The number of piperidine rings is 1. The molecular formula is C13H26N2O. The van der Waals surface area contributed by atoms with Gasteiger partial charge in [0.25, 0.3) is 0 Å². The largest absolute Gasteiger partial charge is 0.375 e. The van der Waals surface area contributed by atoms with Crippen molar-refractivity contribution >= 4 is 0 Å². The van der Waals surface area contributed by atoms with E-state index in [2.05, 4.69) is 17.1 Å². The summed E-state index contributed by atoms with van der Waals surface area (Å²) < 4.78 is 6.12. The molecule has 2 rings (SSSR count). The van der Waals surface area contributed by atoms with Gasteiger partial charge in [-0.3, -0.25) is 0 Å². The fourth-order valence-electron chi connectivity index (χ4n) is 2.77. The van der Waals surface area contributed by atoms with Crippen LogP contribution in [0, 0.1) is 0 Å². The second-order valence-electron chi connectivity index (χ2n) is 5.26. The topological polar surface area (TPSA) is 24.5 Å². The highest BCUT2D eigenvalue weighted by atomic mass is 16.5. The summed E-state index contributed by atoms with van der Waals surface area (Å²) in [6.07, 6.45) is 7.26. The van der Waals surface area contributed by atoms with E-state index in [1.54, 1.807) is 0 Å². The maximum Gasteiger partial charge on any atom is 0.0608 e. The van der Waals surface area contributed by atoms with Crippen LogP contribution in [0.2, 0.25) is 0 Å². The highest BCUT2D eigenvalue weighted by Gasteiger charge is 2.31. The van der Waals surface area contributed by atoms with Gasteiger partial charge in [0, 0.05) is 19.1 Å². The molecule has 1 saturated heterocycles. The smallest absolute Gasteiger partial charge is 0.0608 e. The van der Waals surface area contributed by atoms with Gasteiger partial charge in [-0.15, -0.1) is 0 Å². The third kappa shape index (κ3) is 3.19. The number of rotatable bonds is 5. The summed E-state index contributed by atoms with van der Waals surface area (Å²) in [6, 6.07) is 0.713. The molecule has 0 aromatic rings. The van der Waals surface area contributed by atoms with Crippen LogP contribution in [0.15, 0.2) is 0 Å². The standard InChI is InChI=1S/C13H26N2O/c1-3-6-15-7-4-12(5-8-15)16-13-9-11(10-13)14-2/h11-14H,3-10H2,1-2H3/t11-,13-. The highest BCUT2D eigenvalue weighted by Crippen LogP contribution is 2.27. The lowest BCUT2D eigenvalue weighted by molar-refractivity contribution is -0.0832. The van der Waals surface area contributed by atoms with E-state index in [-0.39, 0.29) is 0 Å². The molecule has 0 bridgehead atoms. The molecule has 0 atom stereocenters. The Labute approximate surface area is 99.5 Å². The van der Waals surface area contributed by atoms with Crippen LogP contribution in [0.25, 0.3) is 0 Å². The van der Waals surface area contributed by atoms with Crippen molar-refractivity contribution in [3.8, 4) is 0 Å². The van der Waals surface area contributed by atoms with Crippen molar-refractivity contribution in [2.24, 2.45) is 0 Å². The lowest BCUT2D eigenvalue weighted by atomic mass is 9.89. The molecule has 1 heterocycles. The first-order valence-corrected chi connectivity index (χ1v) is 6.87. The molecule has 1 aliphatic carbocycles. The molecule has 2 aliphatic rings. The van der Waals surface area contributed by atoms with Gasteiger partial charge in [0.1, 0.15) is 0 Å². The molecule has 16 heavy (non-hydrogen) atoms. The van der Waals surface area contributed by atoms with Crippen molar-refractivity contribution in [1.82, 2.24) is 10.2 Å². The van der Waals surface area contributed by atoms with Crippen molar-refractivity contribution in [2.75, 3.05) is 26.7 Å². The van der Waals surface area contributed by atoms with Gasteiger partial charge in [-0.1, -0.05) is 6.92 Å². The van der Waals surface area contributed by atoms with Gasteiger partial charge in [-0.2, -0.15) is 0 Å². The third-order valence-corrected chi connectivity index (χ3v) is 3.96. The van der Waals surface area contributed by atoms with Gasteiger partial charge >= 0.3 is 0 Å². The van der Waals surface area contributed by atoms with Crippen LogP contribution in [0.4, 0.5) is 0 Å². The van der Waals surface area contributed by atoms with E-state index in [0.717, 1.165) is 0 Å². The molecule has 1 aliphatic heterocycles. The van der Waals surface area contributed by atoms with Crippen molar-refractivity contribution < 1.29 is 4.74 Å². The summed E-state index contributed by atoms with van der Waals surface area (Å²) in [7, 11) is 2.05.